The van der Waals surface area contributed by atoms with E-state index in [9.17, 15) is 0 Å². The van der Waals surface area contributed by atoms with E-state index >= 15 is 0 Å². The molecule has 0 heterocycles. The molecule has 0 fully saturated rings. The van der Waals surface area contributed by atoms with Crippen molar-refractivity contribution < 1.29 is 5.11 Å². The molecule has 0 spiro atoms. The van der Waals surface area contributed by atoms with Crippen LogP contribution in [0.1, 0.15) is 6.42 Å². The summed E-state index contributed by atoms with van der Waals surface area (Å²) in [5.74, 6) is 0. The zero-order valence-electron chi connectivity index (χ0n) is 4.55. The molecule has 0 amide bonds. The Morgan fingerprint density at radius 2 is 2.38 bits per heavy atom. The predicted molar refractivity (Wildman–Crippen MR) is 44.0 cm³/mol. The molecule has 0 saturated heterocycles. The van der Waals surface area contributed by atoms with Crippen molar-refractivity contribution in [3.8, 4) is 0 Å². The van der Waals surface area contributed by atoms with Crippen molar-refractivity contribution in [3.05, 3.63) is 22.8 Å². The molecule has 0 aromatic carbocycles. The van der Waals surface area contributed by atoms with E-state index < -0.39 is 0 Å². The lowest BCUT2D eigenvalue weighted by molar-refractivity contribution is 0.227. The van der Waals surface area contributed by atoms with Crippen molar-refractivity contribution in [2.45, 2.75) is 12.5 Å². The monoisotopic (exact) mass is 224 g/mol. The van der Waals surface area contributed by atoms with E-state index in [2.05, 4.69) is 29.2 Å². The zero-order valence-corrected chi connectivity index (χ0v) is 6.71. The predicted octanol–water partition coefficient (Wildman–Crippen LogP) is 1.87. The van der Waals surface area contributed by atoms with Crippen LogP contribution < -0.4 is 0 Å². The van der Waals surface area contributed by atoms with E-state index in [1.54, 1.807) is 16.2 Å². The number of aliphatic hydroxyl groups is 1. The van der Waals surface area contributed by atoms with Gasteiger partial charge in [-0.05, 0) is 16.6 Å². The van der Waals surface area contributed by atoms with Crippen LogP contribution >= 0.6 is 22.6 Å². The van der Waals surface area contributed by atoms with Gasteiger partial charge < -0.3 is 5.11 Å². The third kappa shape index (κ3) is 4.33. The molecular formula is C6H9IO. The quantitative estimate of drug-likeness (QED) is 0.573. The fraction of sp³-hybridized carbons (Fsp3) is 0.333. The molecule has 46 valence electrons. The first-order chi connectivity index (χ1) is 3.81. The normalized spacial score (nSPS) is 14.2. The second-order valence-electron chi connectivity index (χ2n) is 1.41. The maximum atomic E-state index is 8.89. The van der Waals surface area contributed by atoms with Gasteiger partial charge in [0.05, 0.1) is 6.10 Å². The molecule has 0 aliphatic carbocycles. The van der Waals surface area contributed by atoms with E-state index in [0.29, 0.717) is 6.42 Å². The minimum atomic E-state index is -0.343. The summed E-state index contributed by atoms with van der Waals surface area (Å²) in [6.45, 7) is 3.49. The van der Waals surface area contributed by atoms with Crippen LogP contribution in [0.2, 0.25) is 0 Å². The Balaban J connectivity index is 3.31. The van der Waals surface area contributed by atoms with Gasteiger partial charge in [-0.25, -0.2) is 0 Å². The van der Waals surface area contributed by atoms with Crippen molar-refractivity contribution >= 4 is 22.6 Å². The fourth-order valence-electron chi connectivity index (χ4n) is 0.333. The standard InChI is InChI=1S/C6H9IO/c1-2-3-6(8)4-5-7/h2,4-6,8H,1,3H2/b5-4+/t6-/m0/s1. The van der Waals surface area contributed by atoms with Crippen LogP contribution in [0.4, 0.5) is 0 Å². The highest BCUT2D eigenvalue weighted by Crippen LogP contribution is 1.95. The SMILES string of the molecule is C=CC[C@H](O)/C=C/I. The molecular weight excluding hydrogens is 215 g/mol. The van der Waals surface area contributed by atoms with Crippen LogP contribution in [0.25, 0.3) is 0 Å². The molecule has 0 bridgehead atoms. The van der Waals surface area contributed by atoms with Gasteiger partial charge in [0.25, 0.3) is 0 Å². The van der Waals surface area contributed by atoms with Crippen molar-refractivity contribution in [3.63, 3.8) is 0 Å². The Bertz CT molecular complexity index is 88.5. The molecule has 1 atom stereocenters. The van der Waals surface area contributed by atoms with E-state index in [-0.39, 0.29) is 6.10 Å². The summed E-state index contributed by atoms with van der Waals surface area (Å²) in [5, 5.41) is 8.89. The average Bonchev–Trinajstić information content (AvgIpc) is 1.68. The molecule has 2 heteroatoms. The van der Waals surface area contributed by atoms with Gasteiger partial charge in [0, 0.05) is 0 Å². The molecule has 0 unspecified atom stereocenters. The lowest BCUT2D eigenvalue weighted by Crippen LogP contribution is -1.97. The minimum absolute atomic E-state index is 0.343. The topological polar surface area (TPSA) is 20.2 Å². The molecule has 1 N–H and O–H groups in total. The maximum Gasteiger partial charge on any atom is 0.0762 e. The lowest BCUT2D eigenvalue weighted by atomic mass is 10.2. The first-order valence-electron chi connectivity index (χ1n) is 2.37. The highest BCUT2D eigenvalue weighted by Gasteiger charge is 1.90. The number of halogens is 1. The van der Waals surface area contributed by atoms with Crippen molar-refractivity contribution in [1.29, 1.82) is 0 Å². The second kappa shape index (κ2) is 5.31. The van der Waals surface area contributed by atoms with E-state index in [1.807, 2.05) is 0 Å². The summed E-state index contributed by atoms with van der Waals surface area (Å²) < 4.78 is 1.80. The summed E-state index contributed by atoms with van der Waals surface area (Å²) in [4.78, 5) is 0. The van der Waals surface area contributed by atoms with Crippen LogP contribution in [-0.2, 0) is 0 Å². The molecule has 8 heavy (non-hydrogen) atoms. The largest absolute Gasteiger partial charge is 0.389 e. The van der Waals surface area contributed by atoms with Crippen molar-refractivity contribution in [2.24, 2.45) is 0 Å². The first kappa shape index (κ1) is 8.17. The van der Waals surface area contributed by atoms with Crippen LogP contribution in [0.3, 0.4) is 0 Å². The summed E-state index contributed by atoms with van der Waals surface area (Å²) in [5.41, 5.74) is 0. The number of rotatable bonds is 3. The molecule has 0 radical (unpaired) electrons. The van der Waals surface area contributed by atoms with Gasteiger partial charge in [0.2, 0.25) is 0 Å². The van der Waals surface area contributed by atoms with Gasteiger partial charge in [0.15, 0.2) is 0 Å². The molecule has 0 aromatic rings. The lowest BCUT2D eigenvalue weighted by Gasteiger charge is -1.96. The summed E-state index contributed by atoms with van der Waals surface area (Å²) in [6.07, 6.45) is 3.72. The Kier molecular flexibility index (Phi) is 5.42. The number of hydrogen-bond donors (Lipinski definition) is 1. The molecule has 0 saturated carbocycles. The Labute approximate surface area is 63.2 Å². The summed E-state index contributed by atoms with van der Waals surface area (Å²) >= 11 is 2.07. The molecule has 0 aliphatic rings. The first-order valence-corrected chi connectivity index (χ1v) is 3.61. The van der Waals surface area contributed by atoms with E-state index in [4.69, 9.17) is 5.11 Å². The van der Waals surface area contributed by atoms with Crippen LogP contribution in [0.15, 0.2) is 22.8 Å². The van der Waals surface area contributed by atoms with Gasteiger partial charge in [-0.15, -0.1) is 6.58 Å². The van der Waals surface area contributed by atoms with Gasteiger partial charge in [0.1, 0.15) is 0 Å². The third-order valence-electron chi connectivity index (χ3n) is 0.703. The summed E-state index contributed by atoms with van der Waals surface area (Å²) in [6, 6.07) is 0. The highest BCUT2D eigenvalue weighted by atomic mass is 127. The second-order valence-corrected chi connectivity index (χ2v) is 2.13. The van der Waals surface area contributed by atoms with Crippen molar-refractivity contribution in [2.75, 3.05) is 0 Å². The molecule has 0 aromatic heterocycles. The number of hydrogen-bond acceptors (Lipinski definition) is 1. The molecule has 0 aliphatic heterocycles. The van der Waals surface area contributed by atoms with Gasteiger partial charge in [-0.1, -0.05) is 28.7 Å². The Hall–Kier alpha value is 0.170. The van der Waals surface area contributed by atoms with Crippen LogP contribution in [0.5, 0.6) is 0 Å². The summed E-state index contributed by atoms with van der Waals surface area (Å²) in [7, 11) is 0. The third-order valence-corrected chi connectivity index (χ3v) is 1.12. The smallest absolute Gasteiger partial charge is 0.0762 e. The Morgan fingerprint density at radius 3 is 2.75 bits per heavy atom. The van der Waals surface area contributed by atoms with E-state index in [1.165, 1.54) is 0 Å². The number of aliphatic hydroxyl groups excluding tert-OH is 1. The zero-order chi connectivity index (χ0) is 6.41. The van der Waals surface area contributed by atoms with Crippen molar-refractivity contribution in [1.82, 2.24) is 0 Å². The maximum absolute atomic E-state index is 8.89. The highest BCUT2D eigenvalue weighted by molar-refractivity contribution is 14.1. The van der Waals surface area contributed by atoms with E-state index in [0.717, 1.165) is 0 Å². The van der Waals surface area contributed by atoms with Gasteiger partial charge in [-0.3, -0.25) is 0 Å². The average molecular weight is 224 g/mol. The fourth-order valence-corrected chi connectivity index (χ4v) is 0.813. The van der Waals surface area contributed by atoms with Crippen LogP contribution in [-0.4, -0.2) is 11.2 Å². The molecule has 0 rings (SSSR count). The van der Waals surface area contributed by atoms with Crippen LogP contribution in [0, 0.1) is 0 Å². The minimum Gasteiger partial charge on any atom is -0.389 e. The van der Waals surface area contributed by atoms with Gasteiger partial charge >= 0.3 is 0 Å². The van der Waals surface area contributed by atoms with Gasteiger partial charge in [-0.2, -0.15) is 0 Å². The molecule has 1 nitrogen and oxygen atoms in total. The Morgan fingerprint density at radius 1 is 1.75 bits per heavy atom.